The molecule has 0 aliphatic heterocycles. The molecule has 1 saturated carbocycles. The zero-order valence-corrected chi connectivity index (χ0v) is 7.92. The Labute approximate surface area is 78.8 Å². The quantitative estimate of drug-likeness (QED) is 0.386. The normalized spacial score (nSPS) is 18.5. The van der Waals surface area contributed by atoms with E-state index in [2.05, 4.69) is 5.43 Å². The maximum atomic E-state index is 10.7. The highest BCUT2D eigenvalue weighted by Gasteiger charge is 2.13. The topological polar surface area (TPSA) is 64.3 Å². The molecular weight excluding hydrogens is 168 g/mol. The van der Waals surface area contributed by atoms with Crippen LogP contribution in [0.4, 0.5) is 0 Å². The summed E-state index contributed by atoms with van der Waals surface area (Å²) < 4.78 is 5.54. The van der Waals surface area contributed by atoms with Crippen molar-refractivity contribution in [1.82, 2.24) is 5.43 Å². The van der Waals surface area contributed by atoms with Gasteiger partial charge in [0.05, 0.1) is 19.1 Å². The number of amides is 1. The van der Waals surface area contributed by atoms with Gasteiger partial charge in [-0.1, -0.05) is 19.3 Å². The third-order valence-electron chi connectivity index (χ3n) is 2.40. The molecule has 1 amide bonds. The molecule has 1 rings (SSSR count). The molecule has 76 valence electrons. The van der Waals surface area contributed by atoms with E-state index in [0.29, 0.717) is 19.1 Å². The lowest BCUT2D eigenvalue weighted by molar-refractivity contribution is -0.122. The maximum absolute atomic E-state index is 10.7. The second-order valence-electron chi connectivity index (χ2n) is 3.45. The Hall–Kier alpha value is -0.610. The number of carbonyl (C=O) groups excluding carboxylic acids is 1. The second kappa shape index (κ2) is 5.94. The highest BCUT2D eigenvalue weighted by Crippen LogP contribution is 2.20. The summed E-state index contributed by atoms with van der Waals surface area (Å²) in [6.45, 7) is 0.494. The Bertz CT molecular complexity index is 156. The van der Waals surface area contributed by atoms with Gasteiger partial charge in [0.15, 0.2) is 0 Å². The van der Waals surface area contributed by atoms with E-state index >= 15 is 0 Å². The number of hydrogen-bond donors (Lipinski definition) is 2. The van der Waals surface area contributed by atoms with Crippen molar-refractivity contribution in [3.63, 3.8) is 0 Å². The molecule has 0 bridgehead atoms. The van der Waals surface area contributed by atoms with E-state index in [0.717, 1.165) is 12.8 Å². The van der Waals surface area contributed by atoms with Crippen LogP contribution in [0.2, 0.25) is 0 Å². The first-order valence-corrected chi connectivity index (χ1v) is 4.94. The Kier molecular flexibility index (Phi) is 4.78. The Morgan fingerprint density at radius 2 is 2.08 bits per heavy atom. The van der Waals surface area contributed by atoms with Crippen LogP contribution >= 0.6 is 0 Å². The molecule has 1 fully saturated rings. The van der Waals surface area contributed by atoms with Gasteiger partial charge in [0.25, 0.3) is 0 Å². The monoisotopic (exact) mass is 186 g/mol. The van der Waals surface area contributed by atoms with Crippen molar-refractivity contribution in [1.29, 1.82) is 0 Å². The molecule has 0 radical (unpaired) electrons. The van der Waals surface area contributed by atoms with Crippen molar-refractivity contribution >= 4 is 5.91 Å². The first kappa shape index (κ1) is 10.5. The maximum Gasteiger partial charge on any atom is 0.236 e. The molecule has 0 aromatic heterocycles. The average Bonchev–Trinajstić information content (AvgIpc) is 2.19. The minimum atomic E-state index is -0.157. The van der Waals surface area contributed by atoms with Gasteiger partial charge in [-0.05, 0) is 12.8 Å². The highest BCUT2D eigenvalue weighted by atomic mass is 16.5. The molecule has 0 aromatic carbocycles. The molecule has 0 spiro atoms. The smallest absolute Gasteiger partial charge is 0.236 e. The second-order valence-corrected chi connectivity index (χ2v) is 3.45. The molecule has 0 atom stereocenters. The van der Waals surface area contributed by atoms with Gasteiger partial charge < -0.3 is 4.74 Å². The van der Waals surface area contributed by atoms with Gasteiger partial charge in [-0.3, -0.25) is 10.2 Å². The van der Waals surface area contributed by atoms with Crippen molar-refractivity contribution in [2.75, 3.05) is 6.61 Å². The van der Waals surface area contributed by atoms with Crippen LogP contribution in [0.1, 0.15) is 38.5 Å². The van der Waals surface area contributed by atoms with Crippen LogP contribution in [0.5, 0.6) is 0 Å². The molecule has 1 aliphatic rings. The number of ether oxygens (including phenoxy) is 1. The first-order valence-electron chi connectivity index (χ1n) is 4.94. The van der Waals surface area contributed by atoms with Gasteiger partial charge in [0.2, 0.25) is 5.91 Å². The third-order valence-corrected chi connectivity index (χ3v) is 2.40. The molecular formula is C9H18N2O2. The fourth-order valence-corrected chi connectivity index (χ4v) is 1.62. The summed E-state index contributed by atoms with van der Waals surface area (Å²) in [4.78, 5) is 10.7. The standard InChI is InChI=1S/C9H18N2O2/c10-11-9(12)6-7-13-8-4-2-1-3-5-8/h8H,1-7,10H2,(H,11,12). The summed E-state index contributed by atoms with van der Waals surface area (Å²) in [5, 5.41) is 0. The highest BCUT2D eigenvalue weighted by molar-refractivity contribution is 5.75. The van der Waals surface area contributed by atoms with Crippen LogP contribution in [0.25, 0.3) is 0 Å². The number of carbonyl (C=O) groups is 1. The molecule has 3 N–H and O–H groups in total. The van der Waals surface area contributed by atoms with E-state index in [9.17, 15) is 4.79 Å². The third kappa shape index (κ3) is 4.24. The number of nitrogens with one attached hydrogen (secondary N) is 1. The lowest BCUT2D eigenvalue weighted by Gasteiger charge is -2.21. The molecule has 4 nitrogen and oxygen atoms in total. The van der Waals surface area contributed by atoms with E-state index in [1.807, 2.05) is 0 Å². The lowest BCUT2D eigenvalue weighted by Crippen LogP contribution is -2.31. The minimum Gasteiger partial charge on any atom is -0.378 e. The summed E-state index contributed by atoms with van der Waals surface area (Å²) in [6, 6.07) is 0. The van der Waals surface area contributed by atoms with Gasteiger partial charge in [0, 0.05) is 0 Å². The predicted octanol–water partition coefficient (Wildman–Crippen LogP) is 0.716. The summed E-state index contributed by atoms with van der Waals surface area (Å²) >= 11 is 0. The first-order chi connectivity index (χ1) is 6.33. The van der Waals surface area contributed by atoms with Crippen molar-refractivity contribution in [3.8, 4) is 0 Å². The van der Waals surface area contributed by atoms with Crippen LogP contribution in [-0.4, -0.2) is 18.6 Å². The zero-order chi connectivity index (χ0) is 9.52. The molecule has 4 heteroatoms. The van der Waals surface area contributed by atoms with Crippen LogP contribution in [-0.2, 0) is 9.53 Å². The van der Waals surface area contributed by atoms with Gasteiger partial charge in [-0.2, -0.15) is 0 Å². The van der Waals surface area contributed by atoms with E-state index < -0.39 is 0 Å². The summed E-state index contributed by atoms with van der Waals surface area (Å²) in [6.07, 6.45) is 6.87. The Balaban J connectivity index is 2.01. The van der Waals surface area contributed by atoms with E-state index in [-0.39, 0.29) is 5.91 Å². The molecule has 0 aromatic rings. The average molecular weight is 186 g/mol. The fraction of sp³-hybridized carbons (Fsp3) is 0.889. The molecule has 0 heterocycles. The summed E-state index contributed by atoms with van der Waals surface area (Å²) in [5.41, 5.74) is 2.08. The predicted molar refractivity (Wildman–Crippen MR) is 49.8 cm³/mol. The largest absolute Gasteiger partial charge is 0.378 e. The SMILES string of the molecule is NNC(=O)CCOC1CCCCC1. The van der Waals surface area contributed by atoms with E-state index in [1.165, 1.54) is 19.3 Å². The van der Waals surface area contributed by atoms with Crippen molar-refractivity contribution in [2.24, 2.45) is 5.84 Å². The molecule has 0 saturated heterocycles. The minimum absolute atomic E-state index is 0.157. The fourth-order valence-electron chi connectivity index (χ4n) is 1.62. The van der Waals surface area contributed by atoms with Crippen molar-refractivity contribution in [3.05, 3.63) is 0 Å². The van der Waals surface area contributed by atoms with Crippen molar-refractivity contribution < 1.29 is 9.53 Å². The van der Waals surface area contributed by atoms with Gasteiger partial charge in [0.1, 0.15) is 0 Å². The molecule has 13 heavy (non-hydrogen) atoms. The van der Waals surface area contributed by atoms with Gasteiger partial charge >= 0.3 is 0 Å². The van der Waals surface area contributed by atoms with Gasteiger partial charge in [-0.25, -0.2) is 5.84 Å². The summed E-state index contributed by atoms with van der Waals surface area (Å²) in [5.74, 6) is 4.78. The van der Waals surface area contributed by atoms with Crippen LogP contribution in [0.15, 0.2) is 0 Å². The van der Waals surface area contributed by atoms with E-state index in [1.54, 1.807) is 0 Å². The van der Waals surface area contributed by atoms with Crippen molar-refractivity contribution in [2.45, 2.75) is 44.6 Å². The van der Waals surface area contributed by atoms with Gasteiger partial charge in [-0.15, -0.1) is 0 Å². The number of nitrogens with two attached hydrogens (primary N) is 1. The zero-order valence-electron chi connectivity index (χ0n) is 7.92. The van der Waals surface area contributed by atoms with E-state index in [4.69, 9.17) is 10.6 Å². The number of hydrogen-bond acceptors (Lipinski definition) is 3. The van der Waals surface area contributed by atoms with Crippen LogP contribution in [0, 0.1) is 0 Å². The molecule has 1 aliphatic carbocycles. The van der Waals surface area contributed by atoms with Crippen LogP contribution in [0.3, 0.4) is 0 Å². The Morgan fingerprint density at radius 1 is 1.38 bits per heavy atom. The molecule has 0 unspecified atom stereocenters. The van der Waals surface area contributed by atoms with Crippen LogP contribution < -0.4 is 11.3 Å². The lowest BCUT2D eigenvalue weighted by atomic mass is 9.98. The summed E-state index contributed by atoms with van der Waals surface area (Å²) in [7, 11) is 0. The number of rotatable bonds is 4. The Morgan fingerprint density at radius 3 is 2.69 bits per heavy atom. The number of hydrazine groups is 1.